The number of unbranched alkanes of at least 4 members (excludes halogenated alkanes) is 2. The number of nitrogens with zero attached hydrogens (tertiary/aromatic N) is 1. The van der Waals surface area contributed by atoms with E-state index in [1.165, 1.54) is 43.5 Å². The molecule has 5 rings (SSSR count). The number of sulfonamides is 1. The number of aromatic hydroxyl groups is 1. The number of hydrogen-bond donors (Lipinski definition) is 1. The Bertz CT molecular complexity index is 1540. The van der Waals surface area contributed by atoms with Crippen LogP contribution in [0.15, 0.2) is 72.8 Å². The van der Waals surface area contributed by atoms with Gasteiger partial charge in [0.25, 0.3) is 0 Å². The van der Waals surface area contributed by atoms with E-state index in [0.717, 1.165) is 30.4 Å². The molecule has 2 aliphatic heterocycles. The topological polar surface area (TPSA) is 85.3 Å². The van der Waals surface area contributed by atoms with Crippen LogP contribution in [0.2, 0.25) is 0 Å². The van der Waals surface area contributed by atoms with Gasteiger partial charge in [-0.15, -0.1) is 0 Å². The number of ether oxygens (including phenoxy) is 3. The van der Waals surface area contributed by atoms with Crippen molar-refractivity contribution in [3.63, 3.8) is 0 Å². The van der Waals surface area contributed by atoms with Crippen LogP contribution in [-0.2, 0) is 14.8 Å². The van der Waals surface area contributed by atoms with E-state index in [4.69, 9.17) is 14.2 Å². The van der Waals surface area contributed by atoms with Gasteiger partial charge in [0.05, 0.1) is 25.5 Å². The van der Waals surface area contributed by atoms with Gasteiger partial charge in [-0.25, -0.2) is 8.42 Å². The molecule has 1 fully saturated rings. The van der Waals surface area contributed by atoms with Crippen molar-refractivity contribution in [1.82, 2.24) is 0 Å². The van der Waals surface area contributed by atoms with Gasteiger partial charge in [-0.2, -0.15) is 13.2 Å². The first-order chi connectivity index (χ1) is 20.5. The summed E-state index contributed by atoms with van der Waals surface area (Å²) in [6, 6.07) is 19.2. The van der Waals surface area contributed by atoms with Crippen LogP contribution in [0.3, 0.4) is 0 Å². The van der Waals surface area contributed by atoms with E-state index >= 15 is 0 Å². The molecule has 1 N–H and O–H groups in total. The van der Waals surface area contributed by atoms with Crippen LogP contribution in [0.1, 0.15) is 43.7 Å². The highest BCUT2D eigenvalue weighted by Gasteiger charge is 2.55. The van der Waals surface area contributed by atoms with E-state index in [1.807, 2.05) is 24.3 Å². The number of hydrogen-bond acceptors (Lipinski definition) is 6. The molecule has 43 heavy (non-hydrogen) atoms. The van der Waals surface area contributed by atoms with Crippen LogP contribution in [-0.4, -0.2) is 57.4 Å². The summed E-state index contributed by atoms with van der Waals surface area (Å²) >= 11 is 0. The number of methoxy groups -OCH3 is 1. The zero-order chi connectivity index (χ0) is 30.8. The van der Waals surface area contributed by atoms with Gasteiger partial charge in [0.1, 0.15) is 35.1 Å². The SMILES string of the molecule is CCCCCOc1ccc(C2=C(c3ccc(O)cc3)[C@H]3O[C@@H]2C[C@@H]3S(=O)(=O)N(CC(F)(F)F)c2ccc(OC)cc2)cc1. The number of alkyl halides is 3. The first kappa shape index (κ1) is 30.7. The molecule has 3 atom stereocenters. The summed E-state index contributed by atoms with van der Waals surface area (Å²) in [7, 11) is -3.16. The van der Waals surface area contributed by atoms with Crippen molar-refractivity contribution in [2.24, 2.45) is 0 Å². The van der Waals surface area contributed by atoms with E-state index in [1.54, 1.807) is 12.1 Å². The van der Waals surface area contributed by atoms with Crippen molar-refractivity contribution in [1.29, 1.82) is 0 Å². The Balaban J connectivity index is 1.52. The van der Waals surface area contributed by atoms with E-state index in [9.17, 15) is 26.7 Å². The lowest BCUT2D eigenvalue weighted by Gasteiger charge is -2.32. The zero-order valence-electron chi connectivity index (χ0n) is 23.9. The fourth-order valence-corrected chi connectivity index (χ4v) is 7.68. The molecule has 2 aliphatic rings. The Morgan fingerprint density at radius 3 is 2.12 bits per heavy atom. The Hall–Kier alpha value is -3.70. The van der Waals surface area contributed by atoms with Gasteiger partial charge < -0.3 is 19.3 Å². The number of phenolic OH excluding ortho intramolecular Hbond substituents is 1. The molecule has 0 aromatic heterocycles. The number of rotatable bonds is 12. The molecule has 3 aromatic rings. The lowest BCUT2D eigenvalue weighted by molar-refractivity contribution is -0.117. The molecule has 0 unspecified atom stereocenters. The number of fused-ring (bicyclic) bond motifs is 2. The molecule has 7 nitrogen and oxygen atoms in total. The van der Waals surface area contributed by atoms with Gasteiger partial charge in [0, 0.05) is 0 Å². The fourth-order valence-electron chi connectivity index (χ4n) is 5.68. The quantitative estimate of drug-likeness (QED) is 0.225. The monoisotopic (exact) mass is 617 g/mol. The third kappa shape index (κ3) is 6.62. The molecule has 0 saturated carbocycles. The maximum atomic E-state index is 14.1. The summed E-state index contributed by atoms with van der Waals surface area (Å²) < 4.78 is 86.9. The zero-order valence-corrected chi connectivity index (χ0v) is 24.7. The molecular weight excluding hydrogens is 583 g/mol. The van der Waals surface area contributed by atoms with Gasteiger partial charge in [0.15, 0.2) is 0 Å². The average molecular weight is 618 g/mol. The lowest BCUT2D eigenvalue weighted by Crippen LogP contribution is -2.47. The van der Waals surface area contributed by atoms with E-state index in [0.29, 0.717) is 33.5 Å². The summed E-state index contributed by atoms with van der Waals surface area (Å²) in [6.07, 6.45) is -3.37. The molecular formula is C32H34F3NO6S. The van der Waals surface area contributed by atoms with E-state index in [-0.39, 0.29) is 17.9 Å². The minimum atomic E-state index is -4.79. The normalized spacial score (nSPS) is 20.0. The third-order valence-electron chi connectivity index (χ3n) is 7.72. The molecule has 11 heteroatoms. The molecule has 0 amide bonds. The van der Waals surface area contributed by atoms with Gasteiger partial charge in [-0.1, -0.05) is 44.0 Å². The fraction of sp³-hybridized carbons (Fsp3) is 0.375. The molecule has 230 valence electrons. The van der Waals surface area contributed by atoms with Gasteiger partial charge in [-0.05, 0) is 83.6 Å². The summed E-state index contributed by atoms with van der Waals surface area (Å²) in [5.41, 5.74) is 2.64. The van der Waals surface area contributed by atoms with E-state index < -0.39 is 40.2 Å². The predicted octanol–water partition coefficient (Wildman–Crippen LogP) is 6.82. The van der Waals surface area contributed by atoms with Crippen molar-refractivity contribution in [3.05, 3.63) is 83.9 Å². The van der Waals surface area contributed by atoms with Crippen molar-refractivity contribution in [3.8, 4) is 17.2 Å². The third-order valence-corrected chi connectivity index (χ3v) is 9.88. The van der Waals surface area contributed by atoms with E-state index in [2.05, 4.69) is 6.92 Å². The van der Waals surface area contributed by atoms with Crippen LogP contribution < -0.4 is 13.8 Å². The number of halogens is 3. The molecule has 2 bridgehead atoms. The lowest BCUT2D eigenvalue weighted by atomic mass is 9.83. The Morgan fingerprint density at radius 1 is 0.907 bits per heavy atom. The minimum Gasteiger partial charge on any atom is -0.508 e. The van der Waals surface area contributed by atoms with Crippen LogP contribution >= 0.6 is 0 Å². The second kappa shape index (κ2) is 12.5. The standard InChI is InChI=1S/C32H34F3NO6S/c1-3-4-5-18-41-26-14-8-21(9-15-26)29-27-19-28(31(42-27)30(29)22-6-12-24(37)13-7-22)43(38,39)36(20-32(33,34)35)23-10-16-25(40-2)17-11-23/h6-17,27-28,31,37H,3-5,18-20H2,1-2H3/t27-,28+,31+/m1/s1. The summed E-state index contributed by atoms with van der Waals surface area (Å²) in [4.78, 5) is 0. The number of benzene rings is 3. The molecule has 2 heterocycles. The van der Waals surface area contributed by atoms with Gasteiger partial charge in [-0.3, -0.25) is 4.31 Å². The maximum Gasteiger partial charge on any atom is 0.407 e. The average Bonchev–Trinajstić information content (AvgIpc) is 3.59. The Labute approximate surface area is 249 Å². The maximum absolute atomic E-state index is 14.1. The number of anilines is 1. The summed E-state index contributed by atoms with van der Waals surface area (Å²) in [5.74, 6) is 1.12. The molecule has 0 aliphatic carbocycles. The Kier molecular flexibility index (Phi) is 8.94. The highest BCUT2D eigenvalue weighted by Crippen LogP contribution is 2.51. The summed E-state index contributed by atoms with van der Waals surface area (Å²) in [6.45, 7) is 1.04. The van der Waals surface area contributed by atoms with Crippen molar-refractivity contribution in [2.45, 2.75) is 56.2 Å². The predicted molar refractivity (Wildman–Crippen MR) is 159 cm³/mol. The molecule has 0 radical (unpaired) electrons. The molecule has 3 aromatic carbocycles. The van der Waals surface area contributed by atoms with Crippen LogP contribution in [0.4, 0.5) is 18.9 Å². The van der Waals surface area contributed by atoms with Crippen molar-refractivity contribution in [2.75, 3.05) is 24.6 Å². The largest absolute Gasteiger partial charge is 0.508 e. The van der Waals surface area contributed by atoms with Crippen LogP contribution in [0.25, 0.3) is 11.1 Å². The second-order valence-electron chi connectivity index (χ2n) is 10.6. The first-order valence-corrected chi connectivity index (χ1v) is 15.7. The first-order valence-electron chi connectivity index (χ1n) is 14.2. The van der Waals surface area contributed by atoms with Crippen molar-refractivity contribution >= 4 is 26.9 Å². The minimum absolute atomic E-state index is 0.0102. The van der Waals surface area contributed by atoms with Crippen LogP contribution in [0.5, 0.6) is 17.2 Å². The highest BCUT2D eigenvalue weighted by molar-refractivity contribution is 7.93. The second-order valence-corrected chi connectivity index (χ2v) is 12.7. The number of phenols is 1. The Morgan fingerprint density at radius 2 is 1.51 bits per heavy atom. The molecule has 0 spiro atoms. The molecule has 1 saturated heterocycles. The smallest absolute Gasteiger partial charge is 0.407 e. The van der Waals surface area contributed by atoms with Gasteiger partial charge >= 0.3 is 6.18 Å². The highest BCUT2D eigenvalue weighted by atomic mass is 32.2. The summed E-state index contributed by atoms with van der Waals surface area (Å²) in [5, 5.41) is 8.63. The van der Waals surface area contributed by atoms with Gasteiger partial charge in [0.2, 0.25) is 10.0 Å². The van der Waals surface area contributed by atoms with Crippen molar-refractivity contribution < 1.29 is 40.9 Å². The van der Waals surface area contributed by atoms with Crippen LogP contribution in [0, 0.1) is 0 Å².